The zero-order valence-corrected chi connectivity index (χ0v) is 8.14. The summed E-state index contributed by atoms with van der Waals surface area (Å²) in [5.74, 6) is 0. The molecule has 0 atom stereocenters. The van der Waals surface area contributed by atoms with E-state index >= 15 is 0 Å². The van der Waals surface area contributed by atoms with Gasteiger partial charge in [0.15, 0.2) is 6.29 Å². The Morgan fingerprint density at radius 2 is 2.14 bits per heavy atom. The predicted octanol–water partition coefficient (Wildman–Crippen LogP) is 2.17. The molecule has 1 aromatic rings. The molecule has 0 aliphatic rings. The summed E-state index contributed by atoms with van der Waals surface area (Å²) in [5, 5.41) is 3.70. The molecular formula is C11H13NO2. The molecule has 0 aliphatic heterocycles. The molecule has 0 spiro atoms. The van der Waals surface area contributed by atoms with Crippen molar-refractivity contribution in [2.75, 3.05) is 0 Å². The Morgan fingerprint density at radius 3 is 2.71 bits per heavy atom. The average Bonchev–Trinajstić information content (AvgIpc) is 2.26. The van der Waals surface area contributed by atoms with Gasteiger partial charge in [0.25, 0.3) is 0 Å². The van der Waals surface area contributed by atoms with Crippen LogP contribution in [0, 0.1) is 0 Å². The molecule has 14 heavy (non-hydrogen) atoms. The molecule has 0 N–H and O–H groups in total. The molecular weight excluding hydrogens is 178 g/mol. The Balaban J connectivity index is 2.42. The van der Waals surface area contributed by atoms with E-state index in [9.17, 15) is 4.79 Å². The van der Waals surface area contributed by atoms with E-state index in [2.05, 4.69) is 5.16 Å². The van der Waals surface area contributed by atoms with Gasteiger partial charge < -0.3 is 4.84 Å². The Kier molecular flexibility index (Phi) is 4.41. The smallest absolute Gasteiger partial charge is 0.167 e. The van der Waals surface area contributed by atoms with E-state index in [4.69, 9.17) is 4.84 Å². The molecule has 0 heterocycles. The van der Waals surface area contributed by atoms with Gasteiger partial charge >= 0.3 is 0 Å². The fourth-order valence-corrected chi connectivity index (χ4v) is 0.933. The van der Waals surface area contributed by atoms with Crippen LogP contribution < -0.4 is 0 Å². The van der Waals surface area contributed by atoms with Crippen LogP contribution in [-0.4, -0.2) is 12.0 Å². The van der Waals surface area contributed by atoms with Crippen molar-refractivity contribution in [2.24, 2.45) is 5.16 Å². The maximum absolute atomic E-state index is 10.4. The summed E-state index contributed by atoms with van der Waals surface area (Å²) >= 11 is 0. The van der Waals surface area contributed by atoms with Crippen LogP contribution in [0.1, 0.15) is 18.9 Å². The number of nitrogens with zero attached hydrogens (tertiary/aromatic N) is 1. The standard InChI is InChI=1S/C11H13NO2/c1-2-11(8-13)12-14-9-10-6-4-3-5-7-10/h3-8H,2,9H2,1H3/b12-11+. The van der Waals surface area contributed by atoms with Crippen molar-refractivity contribution >= 4 is 12.0 Å². The molecule has 1 aromatic carbocycles. The van der Waals surface area contributed by atoms with Crippen LogP contribution in [0.5, 0.6) is 0 Å². The van der Waals surface area contributed by atoms with Crippen molar-refractivity contribution in [3.63, 3.8) is 0 Å². The third-order valence-electron chi connectivity index (χ3n) is 1.75. The van der Waals surface area contributed by atoms with Crippen molar-refractivity contribution in [3.05, 3.63) is 35.9 Å². The maximum Gasteiger partial charge on any atom is 0.167 e. The lowest BCUT2D eigenvalue weighted by atomic mass is 10.2. The summed E-state index contributed by atoms with van der Waals surface area (Å²) in [4.78, 5) is 15.4. The number of hydrogen-bond donors (Lipinski definition) is 0. The van der Waals surface area contributed by atoms with E-state index in [1.165, 1.54) is 0 Å². The molecule has 0 saturated heterocycles. The monoisotopic (exact) mass is 191 g/mol. The van der Waals surface area contributed by atoms with E-state index in [1.807, 2.05) is 37.3 Å². The van der Waals surface area contributed by atoms with Crippen molar-refractivity contribution in [2.45, 2.75) is 20.0 Å². The van der Waals surface area contributed by atoms with Crippen LogP contribution in [0.3, 0.4) is 0 Å². The first kappa shape index (κ1) is 10.4. The molecule has 0 bridgehead atoms. The number of rotatable bonds is 5. The van der Waals surface area contributed by atoms with Gasteiger partial charge in [-0.3, -0.25) is 4.79 Å². The van der Waals surface area contributed by atoms with Gasteiger partial charge in [-0.1, -0.05) is 42.4 Å². The molecule has 0 unspecified atom stereocenters. The van der Waals surface area contributed by atoms with Gasteiger partial charge in [0.05, 0.1) is 0 Å². The zero-order chi connectivity index (χ0) is 10.2. The highest BCUT2D eigenvalue weighted by Crippen LogP contribution is 2.00. The lowest BCUT2D eigenvalue weighted by molar-refractivity contribution is -0.103. The maximum atomic E-state index is 10.4. The van der Waals surface area contributed by atoms with Gasteiger partial charge in [-0.25, -0.2) is 0 Å². The molecule has 0 fully saturated rings. The summed E-state index contributed by atoms with van der Waals surface area (Å²) < 4.78 is 0. The molecule has 1 rings (SSSR count). The van der Waals surface area contributed by atoms with Crippen LogP contribution in [-0.2, 0) is 16.2 Å². The Bertz CT molecular complexity index is 306. The van der Waals surface area contributed by atoms with Gasteiger partial charge in [0.1, 0.15) is 12.3 Å². The molecule has 3 nitrogen and oxygen atoms in total. The number of oxime groups is 1. The topological polar surface area (TPSA) is 38.7 Å². The SMILES string of the molecule is CC/C(C=O)=N\OCc1ccccc1. The van der Waals surface area contributed by atoms with Crippen LogP contribution in [0.25, 0.3) is 0 Å². The lowest BCUT2D eigenvalue weighted by Crippen LogP contribution is -1.98. The first-order valence-corrected chi connectivity index (χ1v) is 4.54. The Labute approximate surface area is 83.4 Å². The van der Waals surface area contributed by atoms with E-state index in [1.54, 1.807) is 0 Å². The summed E-state index contributed by atoms with van der Waals surface area (Å²) in [6.45, 7) is 2.26. The number of aldehydes is 1. The minimum atomic E-state index is 0.401. The number of carbonyl (C=O) groups excluding carboxylic acids is 1. The highest BCUT2D eigenvalue weighted by molar-refractivity contribution is 6.27. The molecule has 0 aromatic heterocycles. The number of carbonyl (C=O) groups is 1. The van der Waals surface area contributed by atoms with Crippen LogP contribution in [0.4, 0.5) is 0 Å². The fraction of sp³-hybridized carbons (Fsp3) is 0.273. The van der Waals surface area contributed by atoms with Gasteiger partial charge in [0, 0.05) is 0 Å². The lowest BCUT2D eigenvalue weighted by Gasteiger charge is -1.99. The molecule has 74 valence electrons. The summed E-state index contributed by atoms with van der Waals surface area (Å²) in [5.41, 5.74) is 1.47. The van der Waals surface area contributed by atoms with Gasteiger partial charge in [-0.05, 0) is 12.0 Å². The zero-order valence-electron chi connectivity index (χ0n) is 8.14. The van der Waals surface area contributed by atoms with E-state index in [0.29, 0.717) is 25.0 Å². The second-order valence-electron chi connectivity index (χ2n) is 2.81. The van der Waals surface area contributed by atoms with Crippen molar-refractivity contribution in [1.82, 2.24) is 0 Å². The van der Waals surface area contributed by atoms with Crippen LogP contribution >= 0.6 is 0 Å². The molecule has 0 radical (unpaired) electrons. The van der Waals surface area contributed by atoms with E-state index < -0.39 is 0 Å². The van der Waals surface area contributed by atoms with E-state index in [0.717, 1.165) is 5.56 Å². The third kappa shape index (κ3) is 3.39. The summed E-state index contributed by atoms with van der Waals surface area (Å²) in [6, 6.07) is 9.70. The second-order valence-corrected chi connectivity index (χ2v) is 2.81. The highest BCUT2D eigenvalue weighted by Gasteiger charge is 1.93. The number of hydrogen-bond acceptors (Lipinski definition) is 3. The number of benzene rings is 1. The first-order valence-electron chi connectivity index (χ1n) is 4.54. The van der Waals surface area contributed by atoms with Crippen LogP contribution in [0.15, 0.2) is 35.5 Å². The third-order valence-corrected chi connectivity index (χ3v) is 1.75. The molecule has 3 heteroatoms. The van der Waals surface area contributed by atoms with Crippen molar-refractivity contribution < 1.29 is 9.63 Å². The summed E-state index contributed by atoms with van der Waals surface area (Å²) in [7, 11) is 0. The normalized spacial score (nSPS) is 11.1. The summed E-state index contributed by atoms with van der Waals surface area (Å²) in [6.07, 6.45) is 1.31. The second kappa shape index (κ2) is 5.91. The van der Waals surface area contributed by atoms with Gasteiger partial charge in [0.2, 0.25) is 0 Å². The predicted molar refractivity (Wildman–Crippen MR) is 55.0 cm³/mol. The fourth-order valence-electron chi connectivity index (χ4n) is 0.933. The van der Waals surface area contributed by atoms with Crippen molar-refractivity contribution in [3.8, 4) is 0 Å². The minimum Gasteiger partial charge on any atom is -0.391 e. The van der Waals surface area contributed by atoms with Crippen molar-refractivity contribution in [1.29, 1.82) is 0 Å². The molecule has 0 amide bonds. The van der Waals surface area contributed by atoms with Gasteiger partial charge in [-0.15, -0.1) is 0 Å². The average molecular weight is 191 g/mol. The Morgan fingerprint density at radius 1 is 1.43 bits per heavy atom. The first-order chi connectivity index (χ1) is 6.86. The minimum absolute atomic E-state index is 0.401. The largest absolute Gasteiger partial charge is 0.391 e. The quantitative estimate of drug-likeness (QED) is 0.406. The Hall–Kier alpha value is -1.64. The molecule has 0 saturated carbocycles. The van der Waals surface area contributed by atoms with Gasteiger partial charge in [-0.2, -0.15) is 0 Å². The van der Waals surface area contributed by atoms with Crippen LogP contribution in [0.2, 0.25) is 0 Å². The molecule has 0 aliphatic carbocycles. The highest BCUT2D eigenvalue weighted by atomic mass is 16.6. The van der Waals surface area contributed by atoms with E-state index in [-0.39, 0.29) is 0 Å².